The maximum Gasteiger partial charge on any atom is 0.251 e. The number of aromatic nitrogens is 4. The maximum atomic E-state index is 13.0. The Bertz CT molecular complexity index is 1710. The number of hydrogen-bond acceptors (Lipinski definition) is 5. The van der Waals surface area contributed by atoms with Gasteiger partial charge in [-0.1, -0.05) is 42.5 Å². The minimum atomic E-state index is -0.818. The van der Waals surface area contributed by atoms with E-state index in [0.717, 1.165) is 63.4 Å². The lowest BCUT2D eigenvalue weighted by Gasteiger charge is -2.26. The second kappa shape index (κ2) is 9.99. The van der Waals surface area contributed by atoms with E-state index in [1.54, 1.807) is 13.0 Å². The van der Waals surface area contributed by atoms with E-state index < -0.39 is 6.10 Å². The zero-order valence-corrected chi connectivity index (χ0v) is 22.0. The van der Waals surface area contributed by atoms with Crippen LogP contribution in [0.15, 0.2) is 60.7 Å². The van der Waals surface area contributed by atoms with Crippen LogP contribution in [-0.2, 0) is 26.4 Å². The summed E-state index contributed by atoms with van der Waals surface area (Å²) >= 11 is 0. The van der Waals surface area contributed by atoms with Crippen LogP contribution in [0.25, 0.3) is 21.8 Å². The number of nitrogens with zero attached hydrogens (tertiary/aromatic N) is 4. The highest BCUT2D eigenvalue weighted by atomic mass is 16.3. The van der Waals surface area contributed by atoms with Crippen molar-refractivity contribution in [1.29, 1.82) is 5.41 Å². The lowest BCUT2D eigenvalue weighted by molar-refractivity contribution is 0.0917. The molecule has 1 atom stereocenters. The Hall–Kier alpha value is -4.50. The molecule has 198 valence electrons. The molecule has 1 unspecified atom stereocenters. The number of amides is 1. The summed E-state index contributed by atoms with van der Waals surface area (Å²) in [4.78, 5) is 28.0. The Morgan fingerprint density at radius 3 is 2.82 bits per heavy atom. The topological polar surface area (TPSA) is 123 Å². The summed E-state index contributed by atoms with van der Waals surface area (Å²) in [6.07, 6.45) is 0.566. The van der Waals surface area contributed by atoms with Crippen molar-refractivity contribution < 1.29 is 9.90 Å². The van der Waals surface area contributed by atoms with Crippen LogP contribution >= 0.6 is 0 Å². The molecule has 0 saturated heterocycles. The van der Waals surface area contributed by atoms with Crippen LogP contribution in [0.4, 0.5) is 0 Å². The summed E-state index contributed by atoms with van der Waals surface area (Å²) in [6, 6.07) is 19.2. The van der Waals surface area contributed by atoms with Gasteiger partial charge in [-0.2, -0.15) is 0 Å². The Kier molecular flexibility index (Phi) is 6.36. The number of H-pyrrole nitrogens is 1. The van der Waals surface area contributed by atoms with Crippen LogP contribution in [0, 0.1) is 5.41 Å². The van der Waals surface area contributed by atoms with E-state index >= 15 is 0 Å². The zero-order valence-electron chi connectivity index (χ0n) is 22.0. The minimum absolute atomic E-state index is 0.111. The van der Waals surface area contributed by atoms with Gasteiger partial charge in [0.15, 0.2) is 0 Å². The fraction of sp³-hybridized carbons (Fsp3) is 0.267. The van der Waals surface area contributed by atoms with Crippen molar-refractivity contribution >= 4 is 33.5 Å². The highest BCUT2D eigenvalue weighted by Crippen LogP contribution is 2.25. The SMILES string of the molecule is CC(=N)N1CCc2[nH]c(Cc3nc4ccc(C(=O)NCC(O)c5cccc6ccccc56)cc4n3C)nc2C1. The summed E-state index contributed by atoms with van der Waals surface area (Å²) < 4.78 is 1.99. The number of nitrogens with one attached hydrogen (secondary N) is 3. The summed E-state index contributed by atoms with van der Waals surface area (Å²) in [5.74, 6) is 2.01. The predicted octanol–water partition coefficient (Wildman–Crippen LogP) is 3.86. The molecule has 0 saturated carbocycles. The molecule has 9 nitrogen and oxygen atoms in total. The number of carbonyl (C=O) groups is 1. The molecule has 1 amide bonds. The second-order valence-electron chi connectivity index (χ2n) is 10.1. The van der Waals surface area contributed by atoms with Gasteiger partial charge in [0.2, 0.25) is 0 Å². The fourth-order valence-electron chi connectivity index (χ4n) is 5.35. The molecule has 0 aliphatic carbocycles. The van der Waals surface area contributed by atoms with E-state index in [2.05, 4.69) is 10.3 Å². The Labute approximate surface area is 226 Å². The number of aromatic amines is 1. The number of aryl methyl sites for hydroxylation is 1. The molecule has 4 N–H and O–H groups in total. The van der Waals surface area contributed by atoms with E-state index in [1.807, 2.05) is 71.1 Å². The molecule has 5 aromatic rings. The minimum Gasteiger partial charge on any atom is -0.387 e. The monoisotopic (exact) mass is 521 g/mol. The first-order valence-electron chi connectivity index (χ1n) is 13.1. The normalized spacial score (nSPS) is 14.0. The molecule has 0 radical (unpaired) electrons. The van der Waals surface area contributed by atoms with Crippen LogP contribution in [0.2, 0.25) is 0 Å². The maximum absolute atomic E-state index is 13.0. The number of rotatable bonds is 6. The lowest BCUT2D eigenvalue weighted by atomic mass is 10.0. The molecule has 1 aliphatic heterocycles. The van der Waals surface area contributed by atoms with E-state index in [9.17, 15) is 9.90 Å². The van der Waals surface area contributed by atoms with Gasteiger partial charge in [0, 0.05) is 37.8 Å². The molecule has 6 rings (SSSR count). The Morgan fingerprint density at radius 1 is 1.15 bits per heavy atom. The molecule has 2 aromatic heterocycles. The van der Waals surface area contributed by atoms with Crippen molar-refractivity contribution in [1.82, 2.24) is 29.7 Å². The highest BCUT2D eigenvalue weighted by Gasteiger charge is 2.22. The van der Waals surface area contributed by atoms with Gasteiger partial charge in [0.25, 0.3) is 5.91 Å². The number of hydrogen-bond donors (Lipinski definition) is 4. The van der Waals surface area contributed by atoms with Gasteiger partial charge in [-0.05, 0) is 41.5 Å². The standard InChI is InChI=1S/C30H31N7O2/c1-18(31)37-13-12-23-25(17-37)34-28(33-23)15-29-35-24-11-10-20(14-26(24)36(29)2)30(39)32-16-27(38)22-9-5-7-19-6-3-4-8-21(19)22/h3-11,14,27,31,38H,12-13,15-17H2,1-2H3,(H,32,39)(H,33,34). The fourth-order valence-corrected chi connectivity index (χ4v) is 5.35. The summed E-state index contributed by atoms with van der Waals surface area (Å²) in [6.45, 7) is 3.39. The molecule has 3 aromatic carbocycles. The predicted molar refractivity (Wildman–Crippen MR) is 151 cm³/mol. The van der Waals surface area contributed by atoms with Gasteiger partial charge in [-0.25, -0.2) is 9.97 Å². The van der Waals surface area contributed by atoms with Gasteiger partial charge in [0.05, 0.1) is 41.6 Å². The van der Waals surface area contributed by atoms with E-state index in [1.165, 1.54) is 0 Å². The number of imidazole rings is 2. The molecule has 0 bridgehead atoms. The largest absolute Gasteiger partial charge is 0.387 e. The van der Waals surface area contributed by atoms with Crippen LogP contribution in [0.3, 0.4) is 0 Å². The van der Waals surface area contributed by atoms with Crippen LogP contribution < -0.4 is 5.32 Å². The Morgan fingerprint density at radius 2 is 1.97 bits per heavy atom. The third kappa shape index (κ3) is 4.77. The van der Waals surface area contributed by atoms with E-state index in [4.69, 9.17) is 15.4 Å². The molecule has 1 aliphatic rings. The number of carbonyl (C=O) groups excluding carboxylic acids is 1. The number of fused-ring (bicyclic) bond motifs is 3. The molecule has 0 spiro atoms. The van der Waals surface area contributed by atoms with Gasteiger partial charge < -0.3 is 24.9 Å². The zero-order chi connectivity index (χ0) is 27.1. The summed E-state index contributed by atoms with van der Waals surface area (Å²) in [7, 11) is 1.94. The highest BCUT2D eigenvalue weighted by molar-refractivity contribution is 5.97. The number of amidine groups is 1. The molecule has 0 fully saturated rings. The number of aliphatic hydroxyl groups excluding tert-OH is 1. The van der Waals surface area contributed by atoms with Crippen molar-refractivity contribution in [3.8, 4) is 0 Å². The van der Waals surface area contributed by atoms with Gasteiger partial charge in [-0.15, -0.1) is 0 Å². The molecule has 39 heavy (non-hydrogen) atoms. The van der Waals surface area contributed by atoms with Gasteiger partial charge in [0.1, 0.15) is 11.6 Å². The van der Waals surface area contributed by atoms with Crippen LogP contribution in [-0.4, -0.2) is 54.4 Å². The summed E-state index contributed by atoms with van der Waals surface area (Å²) in [5.41, 5.74) is 5.09. The Balaban J connectivity index is 1.16. The van der Waals surface area contributed by atoms with Crippen molar-refractivity contribution in [3.63, 3.8) is 0 Å². The van der Waals surface area contributed by atoms with Crippen molar-refractivity contribution in [2.24, 2.45) is 7.05 Å². The lowest BCUT2D eigenvalue weighted by Crippen LogP contribution is -2.33. The third-order valence-electron chi connectivity index (χ3n) is 7.56. The molecule has 3 heterocycles. The quantitative estimate of drug-likeness (QED) is 0.200. The average Bonchev–Trinajstić information content (AvgIpc) is 3.50. The molecule has 9 heteroatoms. The van der Waals surface area contributed by atoms with Gasteiger partial charge >= 0.3 is 0 Å². The molecular weight excluding hydrogens is 490 g/mol. The van der Waals surface area contributed by atoms with E-state index in [-0.39, 0.29) is 12.5 Å². The smallest absolute Gasteiger partial charge is 0.251 e. The van der Waals surface area contributed by atoms with Crippen molar-refractivity contribution in [2.75, 3.05) is 13.1 Å². The first-order chi connectivity index (χ1) is 18.9. The van der Waals surface area contributed by atoms with Crippen LogP contribution in [0.5, 0.6) is 0 Å². The first-order valence-corrected chi connectivity index (χ1v) is 13.1. The number of benzene rings is 3. The first kappa shape index (κ1) is 24.8. The number of aliphatic hydroxyl groups is 1. The van der Waals surface area contributed by atoms with Crippen molar-refractivity contribution in [3.05, 3.63) is 94.8 Å². The van der Waals surface area contributed by atoms with E-state index in [0.29, 0.717) is 24.4 Å². The third-order valence-corrected chi connectivity index (χ3v) is 7.56. The molecular formula is C30H31N7O2. The van der Waals surface area contributed by atoms with Gasteiger partial charge in [-0.3, -0.25) is 10.2 Å². The van der Waals surface area contributed by atoms with Crippen LogP contribution in [0.1, 0.15) is 52.0 Å². The second-order valence-corrected chi connectivity index (χ2v) is 10.1. The average molecular weight is 522 g/mol. The van der Waals surface area contributed by atoms with Crippen molar-refractivity contribution in [2.45, 2.75) is 32.4 Å². The summed E-state index contributed by atoms with van der Waals surface area (Å²) in [5, 5.41) is 23.6.